The van der Waals surface area contributed by atoms with Crippen LogP contribution in [0, 0.1) is 5.92 Å². The summed E-state index contributed by atoms with van der Waals surface area (Å²) in [6.07, 6.45) is 1.04. The third kappa shape index (κ3) is 3.23. The number of nitrogens with one attached hydrogen (secondary N) is 2. The van der Waals surface area contributed by atoms with Crippen LogP contribution in [0.4, 0.5) is 0 Å². The minimum atomic E-state index is -0.0152. The maximum Gasteiger partial charge on any atom is 0.251 e. The van der Waals surface area contributed by atoms with Gasteiger partial charge in [0.1, 0.15) is 5.75 Å². The third-order valence-electron chi connectivity index (χ3n) is 3.26. The zero-order chi connectivity index (χ0) is 13.0. The molecular weight excluding hydrogens is 228 g/mol. The molecule has 1 fully saturated rings. The van der Waals surface area contributed by atoms with Gasteiger partial charge in [0.2, 0.25) is 0 Å². The molecule has 1 saturated heterocycles. The fourth-order valence-electron chi connectivity index (χ4n) is 2.28. The number of benzene rings is 1. The monoisotopic (exact) mass is 248 g/mol. The molecule has 1 aromatic carbocycles. The molecule has 0 spiro atoms. The molecule has 1 aromatic rings. The highest BCUT2D eigenvalue weighted by molar-refractivity contribution is 5.94. The number of hydrogen-bond donors (Lipinski definition) is 2. The molecule has 1 heterocycles. The SMILES string of the molecule is COc1ccc(C(=O)NC2CNCC(C)C2)cc1. The second-order valence-corrected chi connectivity index (χ2v) is 4.90. The van der Waals surface area contributed by atoms with Gasteiger partial charge in [-0.15, -0.1) is 0 Å². The average molecular weight is 248 g/mol. The molecule has 2 unspecified atom stereocenters. The molecule has 1 aliphatic heterocycles. The van der Waals surface area contributed by atoms with Crippen molar-refractivity contribution in [3.05, 3.63) is 29.8 Å². The van der Waals surface area contributed by atoms with Crippen LogP contribution in [0.3, 0.4) is 0 Å². The molecule has 0 saturated carbocycles. The van der Waals surface area contributed by atoms with E-state index in [0.29, 0.717) is 11.5 Å². The smallest absolute Gasteiger partial charge is 0.251 e. The van der Waals surface area contributed by atoms with Crippen LogP contribution in [0.1, 0.15) is 23.7 Å². The Hall–Kier alpha value is -1.55. The second-order valence-electron chi connectivity index (χ2n) is 4.90. The molecule has 2 N–H and O–H groups in total. The van der Waals surface area contributed by atoms with Crippen LogP contribution in [-0.4, -0.2) is 32.1 Å². The Morgan fingerprint density at radius 2 is 2.06 bits per heavy atom. The first kappa shape index (κ1) is 12.9. The number of carbonyl (C=O) groups is 1. The first-order valence-electron chi connectivity index (χ1n) is 6.34. The summed E-state index contributed by atoms with van der Waals surface area (Å²) in [5.74, 6) is 1.36. The first-order valence-corrected chi connectivity index (χ1v) is 6.34. The predicted octanol–water partition coefficient (Wildman–Crippen LogP) is 1.42. The molecular formula is C14H20N2O2. The molecule has 1 amide bonds. The number of carbonyl (C=O) groups excluding carboxylic acids is 1. The molecule has 0 bridgehead atoms. The number of rotatable bonds is 3. The minimum absolute atomic E-state index is 0.0152. The van der Waals surface area contributed by atoms with Crippen molar-refractivity contribution in [2.75, 3.05) is 20.2 Å². The average Bonchev–Trinajstić information content (AvgIpc) is 2.39. The summed E-state index contributed by atoms with van der Waals surface area (Å²) in [5, 5.41) is 6.39. The van der Waals surface area contributed by atoms with Gasteiger partial charge in [0.05, 0.1) is 7.11 Å². The highest BCUT2D eigenvalue weighted by Crippen LogP contribution is 2.13. The zero-order valence-electron chi connectivity index (χ0n) is 10.9. The lowest BCUT2D eigenvalue weighted by atomic mass is 9.97. The van der Waals surface area contributed by atoms with Gasteiger partial charge in [0, 0.05) is 18.2 Å². The Labute approximate surface area is 108 Å². The highest BCUT2D eigenvalue weighted by atomic mass is 16.5. The molecule has 4 nitrogen and oxygen atoms in total. The van der Waals surface area contributed by atoms with Crippen LogP contribution >= 0.6 is 0 Å². The van der Waals surface area contributed by atoms with Gasteiger partial charge in [-0.1, -0.05) is 6.92 Å². The van der Waals surface area contributed by atoms with E-state index in [2.05, 4.69) is 17.6 Å². The van der Waals surface area contributed by atoms with Gasteiger partial charge in [-0.3, -0.25) is 4.79 Å². The van der Waals surface area contributed by atoms with Crippen molar-refractivity contribution < 1.29 is 9.53 Å². The largest absolute Gasteiger partial charge is 0.497 e. The summed E-state index contributed by atoms with van der Waals surface area (Å²) in [5.41, 5.74) is 0.675. The summed E-state index contributed by atoms with van der Waals surface area (Å²) in [7, 11) is 1.62. The van der Waals surface area contributed by atoms with E-state index in [1.165, 1.54) is 0 Å². The minimum Gasteiger partial charge on any atom is -0.497 e. The van der Waals surface area contributed by atoms with Gasteiger partial charge < -0.3 is 15.4 Å². The lowest BCUT2D eigenvalue weighted by Crippen LogP contribution is -2.48. The number of piperidine rings is 1. The number of methoxy groups -OCH3 is 1. The maximum absolute atomic E-state index is 12.0. The molecule has 0 aliphatic carbocycles. The van der Waals surface area contributed by atoms with Crippen molar-refractivity contribution in [2.45, 2.75) is 19.4 Å². The quantitative estimate of drug-likeness (QED) is 0.850. The van der Waals surface area contributed by atoms with Crippen molar-refractivity contribution in [3.63, 3.8) is 0 Å². The van der Waals surface area contributed by atoms with Gasteiger partial charge in [-0.25, -0.2) is 0 Å². The molecule has 2 rings (SSSR count). The summed E-state index contributed by atoms with van der Waals surface area (Å²) < 4.78 is 5.07. The number of hydrogen-bond acceptors (Lipinski definition) is 3. The van der Waals surface area contributed by atoms with Crippen molar-refractivity contribution in [1.29, 1.82) is 0 Å². The van der Waals surface area contributed by atoms with Gasteiger partial charge in [-0.05, 0) is 43.1 Å². The third-order valence-corrected chi connectivity index (χ3v) is 3.26. The Balaban J connectivity index is 1.94. The van der Waals surface area contributed by atoms with Crippen molar-refractivity contribution in [2.24, 2.45) is 5.92 Å². The molecule has 2 atom stereocenters. The summed E-state index contributed by atoms with van der Waals surface area (Å²) >= 11 is 0. The van der Waals surface area contributed by atoms with E-state index in [9.17, 15) is 4.79 Å². The van der Waals surface area contributed by atoms with Crippen LogP contribution in [0.5, 0.6) is 5.75 Å². The molecule has 4 heteroatoms. The van der Waals surface area contributed by atoms with Gasteiger partial charge in [0.25, 0.3) is 5.91 Å². The Morgan fingerprint density at radius 1 is 1.33 bits per heavy atom. The highest BCUT2D eigenvalue weighted by Gasteiger charge is 2.20. The molecule has 0 aromatic heterocycles. The Kier molecular flexibility index (Phi) is 4.20. The van der Waals surface area contributed by atoms with Crippen molar-refractivity contribution in [1.82, 2.24) is 10.6 Å². The van der Waals surface area contributed by atoms with Crippen LogP contribution in [0.25, 0.3) is 0 Å². The first-order chi connectivity index (χ1) is 8.69. The van der Waals surface area contributed by atoms with Gasteiger partial charge in [-0.2, -0.15) is 0 Å². The summed E-state index contributed by atoms with van der Waals surface area (Å²) in [6.45, 7) is 4.08. The predicted molar refractivity (Wildman–Crippen MR) is 70.9 cm³/mol. The van der Waals surface area contributed by atoms with E-state index in [0.717, 1.165) is 25.3 Å². The fourth-order valence-corrected chi connectivity index (χ4v) is 2.28. The van der Waals surface area contributed by atoms with Crippen LogP contribution < -0.4 is 15.4 Å². The molecule has 0 radical (unpaired) electrons. The van der Waals surface area contributed by atoms with Gasteiger partial charge >= 0.3 is 0 Å². The molecule has 98 valence electrons. The van der Waals surface area contributed by atoms with E-state index < -0.39 is 0 Å². The van der Waals surface area contributed by atoms with Crippen LogP contribution in [0.2, 0.25) is 0 Å². The van der Waals surface area contributed by atoms with E-state index >= 15 is 0 Å². The Morgan fingerprint density at radius 3 is 2.67 bits per heavy atom. The topological polar surface area (TPSA) is 50.4 Å². The standard InChI is InChI=1S/C14H20N2O2/c1-10-7-12(9-15-8-10)16-14(17)11-3-5-13(18-2)6-4-11/h3-6,10,12,15H,7-9H2,1-2H3,(H,16,17). The fraction of sp³-hybridized carbons (Fsp3) is 0.500. The van der Waals surface area contributed by atoms with E-state index in [-0.39, 0.29) is 11.9 Å². The van der Waals surface area contributed by atoms with E-state index in [1.807, 2.05) is 0 Å². The van der Waals surface area contributed by atoms with Crippen LogP contribution in [0.15, 0.2) is 24.3 Å². The normalized spacial score (nSPS) is 23.4. The number of ether oxygens (including phenoxy) is 1. The maximum atomic E-state index is 12.0. The van der Waals surface area contributed by atoms with E-state index in [4.69, 9.17) is 4.74 Å². The zero-order valence-corrected chi connectivity index (χ0v) is 10.9. The van der Waals surface area contributed by atoms with E-state index in [1.54, 1.807) is 31.4 Å². The van der Waals surface area contributed by atoms with Crippen molar-refractivity contribution in [3.8, 4) is 5.75 Å². The summed E-state index contributed by atoms with van der Waals surface area (Å²) in [6, 6.07) is 7.40. The van der Waals surface area contributed by atoms with Crippen LogP contribution in [-0.2, 0) is 0 Å². The number of amides is 1. The summed E-state index contributed by atoms with van der Waals surface area (Å²) in [4.78, 5) is 12.0. The molecule has 18 heavy (non-hydrogen) atoms. The molecule has 1 aliphatic rings. The van der Waals surface area contributed by atoms with Crippen molar-refractivity contribution >= 4 is 5.91 Å². The second kappa shape index (κ2) is 5.87. The van der Waals surface area contributed by atoms with Gasteiger partial charge in [0.15, 0.2) is 0 Å². The lowest BCUT2D eigenvalue weighted by Gasteiger charge is -2.28. The Bertz CT molecular complexity index is 403. The lowest BCUT2D eigenvalue weighted by molar-refractivity contribution is 0.0925.